The van der Waals surface area contributed by atoms with E-state index in [1.807, 2.05) is 0 Å². The first-order chi connectivity index (χ1) is 7.44. The first-order valence-electron chi connectivity index (χ1n) is 5.08. The second-order valence-corrected chi connectivity index (χ2v) is 3.86. The van der Waals surface area contributed by atoms with Crippen LogP contribution in [0.4, 0.5) is 0 Å². The zero-order valence-electron chi connectivity index (χ0n) is 9.36. The number of hydrogen-bond donors (Lipinski definition) is 1. The van der Waals surface area contributed by atoms with Crippen molar-refractivity contribution in [2.45, 2.75) is 19.8 Å². The van der Waals surface area contributed by atoms with Crippen molar-refractivity contribution in [3.8, 4) is 0 Å². The molecule has 0 aromatic heterocycles. The van der Waals surface area contributed by atoms with Crippen molar-refractivity contribution in [3.05, 3.63) is 0 Å². The van der Waals surface area contributed by atoms with Crippen molar-refractivity contribution in [3.63, 3.8) is 0 Å². The molecule has 90 valence electrons. The Bertz CT molecular complexity index is 321. The molecule has 16 heavy (non-hydrogen) atoms. The van der Waals surface area contributed by atoms with Crippen LogP contribution < -0.4 is 0 Å². The van der Waals surface area contributed by atoms with Crippen LogP contribution in [0.3, 0.4) is 0 Å². The van der Waals surface area contributed by atoms with E-state index in [0.29, 0.717) is 12.8 Å². The predicted molar refractivity (Wildman–Crippen MR) is 53.6 cm³/mol. The molecule has 1 saturated carbocycles. The fraction of sp³-hybridized carbons (Fsp3) is 0.700. The Labute approximate surface area is 93.2 Å². The molecular weight excluding hydrogens is 214 g/mol. The van der Waals surface area contributed by atoms with E-state index in [2.05, 4.69) is 0 Å². The van der Waals surface area contributed by atoms with Crippen LogP contribution in [0.5, 0.6) is 0 Å². The Morgan fingerprint density at radius 2 is 1.94 bits per heavy atom. The van der Waals surface area contributed by atoms with Gasteiger partial charge in [0.2, 0.25) is 5.91 Å². The Balaban J connectivity index is 2.66. The minimum absolute atomic E-state index is 0.219. The van der Waals surface area contributed by atoms with Crippen LogP contribution in [0.1, 0.15) is 19.8 Å². The number of nitrogens with zero attached hydrogens (tertiary/aromatic N) is 1. The number of carboxylic acid groups (broad SMARTS) is 1. The van der Waals surface area contributed by atoms with Crippen LogP contribution in [0.25, 0.3) is 0 Å². The number of amides is 1. The summed E-state index contributed by atoms with van der Waals surface area (Å²) in [5, 5.41) is 8.55. The smallest absolute Gasteiger partial charge is 0.323 e. The zero-order valence-corrected chi connectivity index (χ0v) is 9.36. The van der Waals surface area contributed by atoms with Gasteiger partial charge >= 0.3 is 11.9 Å². The van der Waals surface area contributed by atoms with Crippen LogP contribution in [0.15, 0.2) is 0 Å². The van der Waals surface area contributed by atoms with Crippen molar-refractivity contribution in [1.82, 2.24) is 4.90 Å². The van der Waals surface area contributed by atoms with Gasteiger partial charge in [0.15, 0.2) is 0 Å². The predicted octanol–water partition coefficient (Wildman–Crippen LogP) is -0.127. The summed E-state index contributed by atoms with van der Waals surface area (Å²) in [5.41, 5.74) is -1.11. The molecule has 0 spiro atoms. The zero-order chi connectivity index (χ0) is 12.3. The SMILES string of the molecule is CCOC(=O)C1(C(=O)N(C)CC(=O)O)CC1. The number of aliphatic carboxylic acids is 1. The molecule has 0 aromatic rings. The van der Waals surface area contributed by atoms with E-state index in [-0.39, 0.29) is 6.61 Å². The molecule has 1 fully saturated rings. The van der Waals surface area contributed by atoms with E-state index in [1.165, 1.54) is 7.05 Å². The first kappa shape index (κ1) is 12.5. The number of ether oxygens (including phenoxy) is 1. The summed E-state index contributed by atoms with van der Waals surface area (Å²) in [6, 6.07) is 0. The van der Waals surface area contributed by atoms with Crippen molar-refractivity contribution >= 4 is 17.8 Å². The largest absolute Gasteiger partial charge is 0.480 e. The lowest BCUT2D eigenvalue weighted by molar-refractivity contribution is -0.159. The number of carbonyl (C=O) groups is 3. The highest BCUT2D eigenvalue weighted by Crippen LogP contribution is 2.48. The molecule has 0 radical (unpaired) electrons. The van der Waals surface area contributed by atoms with Crippen molar-refractivity contribution in [1.29, 1.82) is 0 Å². The van der Waals surface area contributed by atoms with Crippen LogP contribution >= 0.6 is 0 Å². The van der Waals surface area contributed by atoms with E-state index in [4.69, 9.17) is 9.84 Å². The van der Waals surface area contributed by atoms with Gasteiger partial charge in [-0.2, -0.15) is 0 Å². The molecule has 0 aliphatic heterocycles. The number of carbonyl (C=O) groups excluding carboxylic acids is 2. The van der Waals surface area contributed by atoms with E-state index < -0.39 is 29.8 Å². The van der Waals surface area contributed by atoms with Crippen LogP contribution in [0, 0.1) is 5.41 Å². The monoisotopic (exact) mass is 229 g/mol. The lowest BCUT2D eigenvalue weighted by Gasteiger charge is -2.20. The lowest BCUT2D eigenvalue weighted by Crippen LogP contribution is -2.41. The fourth-order valence-electron chi connectivity index (χ4n) is 1.54. The second kappa shape index (κ2) is 4.51. The van der Waals surface area contributed by atoms with Crippen molar-refractivity contribution in [2.24, 2.45) is 5.41 Å². The third-order valence-corrected chi connectivity index (χ3v) is 2.54. The summed E-state index contributed by atoms with van der Waals surface area (Å²) in [7, 11) is 1.37. The molecule has 0 atom stereocenters. The van der Waals surface area contributed by atoms with Crippen molar-refractivity contribution < 1.29 is 24.2 Å². The molecule has 1 aliphatic rings. The van der Waals surface area contributed by atoms with Gasteiger partial charge in [-0.3, -0.25) is 14.4 Å². The average molecular weight is 229 g/mol. The van der Waals surface area contributed by atoms with Gasteiger partial charge in [0, 0.05) is 7.05 Å². The summed E-state index contributed by atoms with van der Waals surface area (Å²) >= 11 is 0. The highest BCUT2D eigenvalue weighted by atomic mass is 16.5. The number of rotatable bonds is 5. The van der Waals surface area contributed by atoms with Crippen LogP contribution in [-0.2, 0) is 19.1 Å². The average Bonchev–Trinajstić information content (AvgIpc) is 2.96. The van der Waals surface area contributed by atoms with Crippen molar-refractivity contribution in [2.75, 3.05) is 20.2 Å². The Morgan fingerprint density at radius 1 is 1.38 bits per heavy atom. The molecule has 1 rings (SSSR count). The van der Waals surface area contributed by atoms with E-state index >= 15 is 0 Å². The summed E-state index contributed by atoms with van der Waals surface area (Å²) in [6.45, 7) is 1.48. The molecule has 6 heteroatoms. The molecule has 0 saturated heterocycles. The highest BCUT2D eigenvalue weighted by Gasteiger charge is 2.59. The third kappa shape index (κ3) is 2.32. The van der Waals surface area contributed by atoms with Gasteiger partial charge in [0.1, 0.15) is 12.0 Å². The summed E-state index contributed by atoms with van der Waals surface area (Å²) in [5.74, 6) is -2.11. The molecule has 1 N–H and O–H groups in total. The topological polar surface area (TPSA) is 83.9 Å². The van der Waals surface area contributed by atoms with Gasteiger partial charge in [-0.1, -0.05) is 0 Å². The Hall–Kier alpha value is -1.59. The number of carboxylic acids is 1. The third-order valence-electron chi connectivity index (χ3n) is 2.54. The molecule has 6 nitrogen and oxygen atoms in total. The molecule has 1 aliphatic carbocycles. The molecule has 0 aromatic carbocycles. The maximum Gasteiger partial charge on any atom is 0.323 e. The van der Waals surface area contributed by atoms with Gasteiger partial charge in [-0.05, 0) is 19.8 Å². The minimum atomic E-state index is -1.11. The maximum atomic E-state index is 11.8. The minimum Gasteiger partial charge on any atom is -0.480 e. The molecule has 0 bridgehead atoms. The van der Waals surface area contributed by atoms with E-state index in [0.717, 1.165) is 4.90 Å². The second-order valence-electron chi connectivity index (χ2n) is 3.86. The normalized spacial score (nSPS) is 16.4. The van der Waals surface area contributed by atoms with Gasteiger partial charge in [0.25, 0.3) is 0 Å². The number of hydrogen-bond acceptors (Lipinski definition) is 4. The van der Waals surface area contributed by atoms with Crippen LogP contribution in [0.2, 0.25) is 0 Å². The molecule has 0 heterocycles. The Morgan fingerprint density at radius 3 is 2.31 bits per heavy atom. The molecular formula is C10H15NO5. The lowest BCUT2D eigenvalue weighted by atomic mass is 10.1. The number of esters is 1. The molecule has 0 unspecified atom stereocenters. The Kier molecular flexibility index (Phi) is 3.51. The number of likely N-dealkylation sites (N-methyl/N-ethyl adjacent to an activating group) is 1. The maximum absolute atomic E-state index is 11.8. The summed E-state index contributed by atoms with van der Waals surface area (Å²) in [4.78, 5) is 34.9. The van der Waals surface area contributed by atoms with Gasteiger partial charge in [-0.15, -0.1) is 0 Å². The first-order valence-corrected chi connectivity index (χ1v) is 5.08. The highest BCUT2D eigenvalue weighted by molar-refractivity contribution is 6.06. The molecule has 1 amide bonds. The van der Waals surface area contributed by atoms with Gasteiger partial charge in [0.05, 0.1) is 6.61 Å². The van der Waals surface area contributed by atoms with Gasteiger partial charge in [-0.25, -0.2) is 0 Å². The summed E-state index contributed by atoms with van der Waals surface area (Å²) in [6.07, 6.45) is 0.878. The van der Waals surface area contributed by atoms with E-state index in [1.54, 1.807) is 6.92 Å². The summed E-state index contributed by atoms with van der Waals surface area (Å²) < 4.78 is 4.81. The van der Waals surface area contributed by atoms with Crippen LogP contribution in [-0.4, -0.2) is 48.1 Å². The standard InChI is InChI=1S/C10H15NO5/c1-3-16-9(15)10(4-5-10)8(14)11(2)6-7(12)13/h3-6H2,1-2H3,(H,12,13). The quantitative estimate of drug-likeness (QED) is 0.524. The van der Waals surface area contributed by atoms with E-state index in [9.17, 15) is 14.4 Å². The fourth-order valence-corrected chi connectivity index (χ4v) is 1.54. The van der Waals surface area contributed by atoms with Gasteiger partial charge < -0.3 is 14.7 Å².